The van der Waals surface area contributed by atoms with E-state index in [0.717, 1.165) is 164 Å². The van der Waals surface area contributed by atoms with Crippen molar-refractivity contribution in [1.82, 2.24) is 9.80 Å². The number of aryl methyl sites for hydroxylation is 2. The number of amides is 2. The van der Waals surface area contributed by atoms with Crippen molar-refractivity contribution in [3.63, 3.8) is 0 Å². The number of hydrogen-bond acceptors (Lipinski definition) is 8. The molecular formula is C64H76N2O6S4. The van der Waals surface area contributed by atoms with Gasteiger partial charge in [0, 0.05) is 42.4 Å². The molecule has 402 valence electrons. The molecule has 6 aromatic rings. The van der Waals surface area contributed by atoms with Gasteiger partial charge >= 0.3 is 11.9 Å². The molecule has 2 aromatic carbocycles. The second-order valence-electron chi connectivity index (χ2n) is 20.8. The van der Waals surface area contributed by atoms with E-state index in [1.54, 1.807) is 69.6 Å². The third kappa shape index (κ3) is 12.8. The number of carbonyl (C=O) groups is 4. The summed E-state index contributed by atoms with van der Waals surface area (Å²) in [5.41, 5.74) is 7.59. The van der Waals surface area contributed by atoms with Crippen LogP contribution in [0.4, 0.5) is 0 Å². The van der Waals surface area contributed by atoms with E-state index >= 15 is 9.59 Å². The van der Waals surface area contributed by atoms with Gasteiger partial charge in [-0.05, 0) is 133 Å². The molecule has 0 fully saturated rings. The van der Waals surface area contributed by atoms with Crippen molar-refractivity contribution in [2.45, 2.75) is 157 Å². The van der Waals surface area contributed by atoms with Crippen LogP contribution < -0.4 is 0 Å². The maximum absolute atomic E-state index is 15.7. The topological polar surface area (TPSA) is 115 Å². The molecule has 0 bridgehead atoms. The average Bonchev–Trinajstić information content (AvgIpc) is 4.44. The lowest BCUT2D eigenvalue weighted by Crippen LogP contribution is -2.34. The van der Waals surface area contributed by atoms with Crippen molar-refractivity contribution in [1.29, 1.82) is 0 Å². The second-order valence-corrected chi connectivity index (χ2v) is 25.0. The maximum Gasteiger partial charge on any atom is 0.335 e. The van der Waals surface area contributed by atoms with Gasteiger partial charge in [0.05, 0.1) is 43.4 Å². The van der Waals surface area contributed by atoms with Crippen LogP contribution in [0.15, 0.2) is 96.1 Å². The Morgan fingerprint density at radius 2 is 0.816 bits per heavy atom. The molecule has 2 aliphatic heterocycles. The highest BCUT2D eigenvalue weighted by molar-refractivity contribution is 7.25. The summed E-state index contributed by atoms with van der Waals surface area (Å²) in [4.78, 5) is 67.4. The summed E-state index contributed by atoms with van der Waals surface area (Å²) in [5.74, 6) is -1.52. The van der Waals surface area contributed by atoms with E-state index in [1.165, 1.54) is 24.0 Å². The molecule has 76 heavy (non-hydrogen) atoms. The highest BCUT2D eigenvalue weighted by Crippen LogP contribution is 2.52. The Kier molecular flexibility index (Phi) is 20.0. The fourth-order valence-electron chi connectivity index (χ4n) is 10.8. The van der Waals surface area contributed by atoms with Crippen LogP contribution in [0.5, 0.6) is 0 Å². The molecular weight excluding hydrogens is 1020 g/mol. The highest BCUT2D eigenvalue weighted by Gasteiger charge is 2.50. The largest absolute Gasteiger partial charge is 0.478 e. The van der Waals surface area contributed by atoms with Gasteiger partial charge in [0.15, 0.2) is 0 Å². The van der Waals surface area contributed by atoms with E-state index in [2.05, 4.69) is 77.9 Å². The fraction of sp³-hybridized carbons (Fsp3) is 0.438. The average molecular weight is 1100 g/mol. The first-order valence-corrected chi connectivity index (χ1v) is 31.5. The lowest BCUT2D eigenvalue weighted by atomic mass is 9.98. The van der Waals surface area contributed by atoms with Gasteiger partial charge in [-0.15, -0.1) is 45.3 Å². The fourth-order valence-corrected chi connectivity index (χ4v) is 15.5. The lowest BCUT2D eigenvalue weighted by Gasteiger charge is -2.29. The first-order chi connectivity index (χ1) is 36.9. The number of carboxylic acids is 2. The van der Waals surface area contributed by atoms with E-state index in [-0.39, 0.29) is 34.8 Å². The zero-order valence-electron chi connectivity index (χ0n) is 45.4. The minimum Gasteiger partial charge on any atom is -0.478 e. The monoisotopic (exact) mass is 1100 g/mol. The van der Waals surface area contributed by atoms with Crippen LogP contribution in [0.1, 0.15) is 186 Å². The number of rotatable bonds is 30. The molecule has 12 heteroatoms. The van der Waals surface area contributed by atoms with Crippen LogP contribution in [0.3, 0.4) is 0 Å². The number of fused-ring (bicyclic) bond motifs is 1. The van der Waals surface area contributed by atoms with Gasteiger partial charge in [-0.25, -0.2) is 9.59 Å². The number of nitrogens with zero attached hydrogens (tertiary/aromatic N) is 2. The van der Waals surface area contributed by atoms with Crippen molar-refractivity contribution in [2.75, 3.05) is 13.1 Å². The minimum absolute atomic E-state index is 0.0903. The molecule has 2 amide bonds. The van der Waals surface area contributed by atoms with Crippen molar-refractivity contribution < 1.29 is 29.4 Å². The van der Waals surface area contributed by atoms with Crippen LogP contribution in [0.2, 0.25) is 0 Å². The molecule has 8 nitrogen and oxygen atoms in total. The van der Waals surface area contributed by atoms with E-state index in [9.17, 15) is 19.8 Å². The Bertz CT molecular complexity index is 2830. The predicted molar refractivity (Wildman–Crippen MR) is 320 cm³/mol. The van der Waals surface area contributed by atoms with Gasteiger partial charge in [-0.1, -0.05) is 143 Å². The van der Waals surface area contributed by atoms with E-state index in [4.69, 9.17) is 0 Å². The SMILES string of the molecule is CCCCCCc1cc(-c2ccc(C3=C4C(=O)N(CC(CC)CCCC)C(c5ccc(-c6cc(CCCCCC)c(-c7ccc(C(=O)O)cc7)s6)s5)=C4C(=O)N3CC(CC)CCCC)s2)sc1-c1ccc(C(=O)O)cc1. The summed E-state index contributed by atoms with van der Waals surface area (Å²) < 4.78 is 0. The molecule has 8 rings (SSSR count). The first-order valence-electron chi connectivity index (χ1n) is 28.2. The molecule has 0 saturated heterocycles. The third-order valence-corrected chi connectivity index (χ3v) is 20.3. The smallest absolute Gasteiger partial charge is 0.335 e. The summed E-state index contributed by atoms with van der Waals surface area (Å²) in [5, 5.41) is 19.3. The van der Waals surface area contributed by atoms with Gasteiger partial charge in [0.1, 0.15) is 0 Å². The molecule has 2 unspecified atom stereocenters. The van der Waals surface area contributed by atoms with Crippen LogP contribution in [-0.2, 0) is 22.4 Å². The Morgan fingerprint density at radius 3 is 1.16 bits per heavy atom. The van der Waals surface area contributed by atoms with Gasteiger partial charge in [-0.2, -0.15) is 0 Å². The third-order valence-electron chi connectivity index (χ3n) is 15.3. The molecule has 6 heterocycles. The number of carbonyl (C=O) groups excluding carboxylic acids is 2. The summed E-state index contributed by atoms with van der Waals surface area (Å²) >= 11 is 6.76. The first kappa shape index (κ1) is 56.8. The number of aromatic carboxylic acids is 2. The number of thiophene rings is 4. The van der Waals surface area contributed by atoms with Crippen molar-refractivity contribution in [3.05, 3.63) is 128 Å². The summed E-state index contributed by atoms with van der Waals surface area (Å²) in [6.07, 6.45) is 19.1. The Morgan fingerprint density at radius 1 is 0.447 bits per heavy atom. The molecule has 0 aliphatic carbocycles. The van der Waals surface area contributed by atoms with Crippen molar-refractivity contribution >= 4 is 80.5 Å². The molecule has 0 radical (unpaired) electrons. The van der Waals surface area contributed by atoms with Crippen LogP contribution >= 0.6 is 45.3 Å². The highest BCUT2D eigenvalue weighted by atomic mass is 32.1. The molecule has 2 N–H and O–H groups in total. The Hall–Kier alpha value is -5.40. The number of hydrogen-bond donors (Lipinski definition) is 2. The second kappa shape index (κ2) is 26.8. The lowest BCUT2D eigenvalue weighted by molar-refractivity contribution is -0.124. The van der Waals surface area contributed by atoms with Crippen molar-refractivity contribution in [3.8, 4) is 40.4 Å². The summed E-state index contributed by atoms with van der Waals surface area (Å²) in [6, 6.07) is 27.6. The van der Waals surface area contributed by atoms with E-state index in [0.29, 0.717) is 24.2 Å². The van der Waals surface area contributed by atoms with Crippen LogP contribution in [0.25, 0.3) is 51.8 Å². The quantitative estimate of drug-likeness (QED) is 0.0434. The van der Waals surface area contributed by atoms with Gasteiger partial charge < -0.3 is 20.0 Å². The van der Waals surface area contributed by atoms with Gasteiger partial charge in [-0.3, -0.25) is 9.59 Å². The Balaban J connectivity index is 1.25. The van der Waals surface area contributed by atoms with Gasteiger partial charge in [0.25, 0.3) is 11.8 Å². The van der Waals surface area contributed by atoms with Gasteiger partial charge in [0.2, 0.25) is 0 Å². The summed E-state index contributed by atoms with van der Waals surface area (Å²) in [7, 11) is 0. The predicted octanol–water partition coefficient (Wildman–Crippen LogP) is 18.5. The molecule has 2 atom stereocenters. The zero-order chi connectivity index (χ0) is 53.9. The number of benzene rings is 2. The number of unbranched alkanes of at least 4 members (excludes halogenated alkanes) is 8. The van der Waals surface area contributed by atoms with Crippen LogP contribution in [0, 0.1) is 11.8 Å². The molecule has 0 spiro atoms. The Labute approximate surface area is 467 Å². The van der Waals surface area contributed by atoms with Crippen LogP contribution in [-0.4, -0.2) is 56.9 Å². The number of carboxylic acid groups (broad SMARTS) is 2. The zero-order valence-corrected chi connectivity index (χ0v) is 48.7. The molecule has 2 aliphatic rings. The maximum atomic E-state index is 15.7. The molecule has 4 aromatic heterocycles. The van der Waals surface area contributed by atoms with E-state index in [1.807, 2.05) is 34.1 Å². The normalized spacial score (nSPS) is 14.4. The summed E-state index contributed by atoms with van der Waals surface area (Å²) in [6.45, 7) is 14.4. The molecule has 0 saturated carbocycles. The standard InChI is InChI=1S/C64H76N2O6S4/c1-7-13-17-19-23-47-37-53(75-59(47)43-25-29-45(30-26-43)63(69)70)49-33-35-51(73-49)57-55-56(62(68)65(57)39-41(11-5)21-15-9-3)58(66(61(55)67)40-42(12-6)22-16-10-4)52-36-34-50(74-52)54-38-48(24-20-18-14-8-2)60(76-54)44-27-31-46(32-28-44)64(71)72/h25-38,41-42H,7-24,39-40H2,1-6H3,(H,69,70)(H,71,72). The van der Waals surface area contributed by atoms with E-state index < -0.39 is 11.9 Å². The minimum atomic E-state index is -0.940. The van der Waals surface area contributed by atoms with Crippen molar-refractivity contribution in [2.24, 2.45) is 11.8 Å².